The maximum atomic E-state index is 6.05. The molecule has 0 unspecified atom stereocenters. The van der Waals surface area contributed by atoms with Crippen LogP contribution in [0.25, 0.3) is 0 Å². The third-order valence-electron chi connectivity index (χ3n) is 3.83. The maximum absolute atomic E-state index is 6.05. The maximum Gasteiger partial charge on any atom is 0.147 e. The van der Waals surface area contributed by atoms with Crippen LogP contribution in [0.3, 0.4) is 0 Å². The van der Waals surface area contributed by atoms with Crippen LogP contribution in [-0.4, -0.2) is 13.2 Å². The first-order valence-corrected chi connectivity index (χ1v) is 9.10. The Morgan fingerprint density at radius 1 is 1.15 bits per heavy atom. The SMILES string of the molecule is CCNCc1cc(Br)c(OCC2CCCCC2)c(Br)c1. The fourth-order valence-corrected chi connectivity index (χ4v) is 4.19. The number of hydrogen-bond acceptors (Lipinski definition) is 2. The molecule has 1 saturated carbocycles. The molecule has 1 aliphatic rings. The van der Waals surface area contributed by atoms with E-state index >= 15 is 0 Å². The van der Waals surface area contributed by atoms with Crippen LogP contribution >= 0.6 is 31.9 Å². The Balaban J connectivity index is 1.96. The molecule has 20 heavy (non-hydrogen) atoms. The summed E-state index contributed by atoms with van der Waals surface area (Å²) in [6.45, 7) is 4.82. The van der Waals surface area contributed by atoms with Crippen LogP contribution in [0, 0.1) is 5.92 Å². The Hall–Kier alpha value is -0.0600. The van der Waals surface area contributed by atoms with Gasteiger partial charge in [0.1, 0.15) is 5.75 Å². The van der Waals surface area contributed by atoms with E-state index < -0.39 is 0 Å². The summed E-state index contributed by atoms with van der Waals surface area (Å²) in [5.41, 5.74) is 1.26. The Morgan fingerprint density at radius 3 is 2.40 bits per heavy atom. The molecule has 1 aromatic rings. The van der Waals surface area contributed by atoms with E-state index in [1.165, 1.54) is 37.7 Å². The molecule has 0 bridgehead atoms. The van der Waals surface area contributed by atoms with Gasteiger partial charge >= 0.3 is 0 Å². The summed E-state index contributed by atoms with van der Waals surface area (Å²) in [5.74, 6) is 1.67. The summed E-state index contributed by atoms with van der Waals surface area (Å²) in [6.07, 6.45) is 6.74. The third-order valence-corrected chi connectivity index (χ3v) is 5.00. The van der Waals surface area contributed by atoms with Crippen molar-refractivity contribution in [3.05, 3.63) is 26.6 Å². The van der Waals surface area contributed by atoms with E-state index in [1.807, 2.05) is 0 Å². The van der Waals surface area contributed by atoms with Gasteiger partial charge in [-0.15, -0.1) is 0 Å². The molecular weight excluding hydrogens is 382 g/mol. The van der Waals surface area contributed by atoms with Crippen molar-refractivity contribution in [2.45, 2.75) is 45.6 Å². The highest BCUT2D eigenvalue weighted by molar-refractivity contribution is 9.11. The summed E-state index contributed by atoms with van der Waals surface area (Å²) >= 11 is 7.26. The van der Waals surface area contributed by atoms with Crippen LogP contribution in [0.2, 0.25) is 0 Å². The average Bonchev–Trinajstić information content (AvgIpc) is 2.45. The number of ether oxygens (including phenoxy) is 1. The van der Waals surface area contributed by atoms with E-state index in [4.69, 9.17) is 4.74 Å². The summed E-state index contributed by atoms with van der Waals surface area (Å²) in [6, 6.07) is 4.28. The molecule has 1 N–H and O–H groups in total. The van der Waals surface area contributed by atoms with E-state index in [0.717, 1.165) is 40.3 Å². The molecule has 0 spiro atoms. The van der Waals surface area contributed by atoms with Gasteiger partial charge in [0.05, 0.1) is 15.6 Å². The topological polar surface area (TPSA) is 21.3 Å². The van der Waals surface area contributed by atoms with Crippen molar-refractivity contribution in [1.82, 2.24) is 5.32 Å². The monoisotopic (exact) mass is 403 g/mol. The van der Waals surface area contributed by atoms with Crippen LogP contribution < -0.4 is 10.1 Å². The van der Waals surface area contributed by atoms with Gasteiger partial charge in [-0.3, -0.25) is 0 Å². The lowest BCUT2D eigenvalue weighted by Crippen LogP contribution is -2.16. The van der Waals surface area contributed by atoms with Gasteiger partial charge in [0, 0.05) is 6.54 Å². The summed E-state index contributed by atoms with van der Waals surface area (Å²) < 4.78 is 8.13. The number of benzene rings is 1. The normalized spacial score (nSPS) is 16.4. The van der Waals surface area contributed by atoms with Crippen LogP contribution in [0.15, 0.2) is 21.1 Å². The van der Waals surface area contributed by atoms with Crippen molar-refractivity contribution >= 4 is 31.9 Å². The highest BCUT2D eigenvalue weighted by Gasteiger charge is 2.16. The second-order valence-electron chi connectivity index (χ2n) is 5.48. The molecule has 112 valence electrons. The molecule has 0 radical (unpaired) electrons. The van der Waals surface area contributed by atoms with Gasteiger partial charge in [-0.2, -0.15) is 0 Å². The van der Waals surface area contributed by atoms with E-state index in [0.29, 0.717) is 0 Å². The van der Waals surface area contributed by atoms with Gasteiger partial charge in [-0.05, 0) is 74.9 Å². The molecule has 0 aliphatic heterocycles. The zero-order chi connectivity index (χ0) is 14.4. The molecule has 1 fully saturated rings. The molecule has 0 heterocycles. The van der Waals surface area contributed by atoms with Gasteiger partial charge in [0.2, 0.25) is 0 Å². The Kier molecular flexibility index (Phi) is 6.85. The Labute approximate surface area is 138 Å². The zero-order valence-electron chi connectivity index (χ0n) is 12.1. The van der Waals surface area contributed by atoms with E-state index in [2.05, 4.69) is 56.2 Å². The smallest absolute Gasteiger partial charge is 0.147 e. The van der Waals surface area contributed by atoms with Crippen molar-refractivity contribution < 1.29 is 4.74 Å². The van der Waals surface area contributed by atoms with Crippen LogP contribution in [0.1, 0.15) is 44.6 Å². The second-order valence-corrected chi connectivity index (χ2v) is 7.19. The van der Waals surface area contributed by atoms with Crippen molar-refractivity contribution in [2.75, 3.05) is 13.2 Å². The molecule has 0 amide bonds. The van der Waals surface area contributed by atoms with Gasteiger partial charge in [-0.1, -0.05) is 26.2 Å². The number of hydrogen-bond donors (Lipinski definition) is 1. The lowest BCUT2D eigenvalue weighted by molar-refractivity contribution is 0.207. The van der Waals surface area contributed by atoms with Gasteiger partial charge in [0.15, 0.2) is 0 Å². The van der Waals surface area contributed by atoms with Crippen molar-refractivity contribution in [2.24, 2.45) is 5.92 Å². The lowest BCUT2D eigenvalue weighted by atomic mass is 9.90. The fourth-order valence-electron chi connectivity index (χ4n) is 2.68. The second kappa shape index (κ2) is 8.40. The molecule has 0 aromatic heterocycles. The molecular formula is C16H23Br2NO. The molecule has 2 nitrogen and oxygen atoms in total. The van der Waals surface area contributed by atoms with Gasteiger partial charge in [-0.25, -0.2) is 0 Å². The minimum absolute atomic E-state index is 0.726. The molecule has 0 saturated heterocycles. The third kappa shape index (κ3) is 4.74. The summed E-state index contributed by atoms with van der Waals surface area (Å²) in [7, 11) is 0. The largest absolute Gasteiger partial charge is 0.491 e. The van der Waals surface area contributed by atoms with Crippen LogP contribution in [0.4, 0.5) is 0 Å². The molecule has 1 aromatic carbocycles. The zero-order valence-corrected chi connectivity index (χ0v) is 15.2. The van der Waals surface area contributed by atoms with Gasteiger partial charge < -0.3 is 10.1 Å². The first-order chi connectivity index (χ1) is 9.70. The number of nitrogens with one attached hydrogen (secondary N) is 1. The standard InChI is InChI=1S/C16H23Br2NO/c1-2-19-10-13-8-14(17)16(15(18)9-13)20-11-12-6-4-3-5-7-12/h8-9,12,19H,2-7,10-11H2,1H3. The summed E-state index contributed by atoms with van der Waals surface area (Å²) in [4.78, 5) is 0. The van der Waals surface area contributed by atoms with Crippen molar-refractivity contribution in [1.29, 1.82) is 0 Å². The Bertz CT molecular complexity index is 407. The molecule has 4 heteroatoms. The lowest BCUT2D eigenvalue weighted by Gasteiger charge is -2.22. The molecule has 1 aliphatic carbocycles. The minimum atomic E-state index is 0.726. The predicted molar refractivity (Wildman–Crippen MR) is 91.3 cm³/mol. The van der Waals surface area contributed by atoms with Gasteiger partial charge in [0.25, 0.3) is 0 Å². The highest BCUT2D eigenvalue weighted by atomic mass is 79.9. The first kappa shape index (κ1) is 16.3. The van der Waals surface area contributed by atoms with Crippen molar-refractivity contribution in [3.8, 4) is 5.75 Å². The quantitative estimate of drug-likeness (QED) is 0.696. The van der Waals surface area contributed by atoms with E-state index in [1.54, 1.807) is 0 Å². The van der Waals surface area contributed by atoms with E-state index in [-0.39, 0.29) is 0 Å². The molecule has 2 rings (SSSR count). The number of rotatable bonds is 6. The fraction of sp³-hybridized carbons (Fsp3) is 0.625. The first-order valence-electron chi connectivity index (χ1n) is 7.52. The van der Waals surface area contributed by atoms with Crippen LogP contribution in [-0.2, 0) is 6.54 Å². The summed E-state index contributed by atoms with van der Waals surface area (Å²) in [5, 5.41) is 3.34. The predicted octanol–water partition coefficient (Wildman–Crippen LogP) is 5.28. The highest BCUT2D eigenvalue weighted by Crippen LogP contribution is 2.36. The minimum Gasteiger partial charge on any atom is -0.491 e. The van der Waals surface area contributed by atoms with E-state index in [9.17, 15) is 0 Å². The number of halogens is 2. The Morgan fingerprint density at radius 2 is 1.80 bits per heavy atom. The molecule has 0 atom stereocenters. The van der Waals surface area contributed by atoms with Crippen LogP contribution in [0.5, 0.6) is 5.75 Å². The van der Waals surface area contributed by atoms with Crippen molar-refractivity contribution in [3.63, 3.8) is 0 Å². The average molecular weight is 405 g/mol.